The molecule has 8 heteroatoms. The van der Waals surface area contributed by atoms with Crippen LogP contribution in [0.3, 0.4) is 0 Å². The maximum absolute atomic E-state index is 12.2. The number of aromatic carboxylic acids is 1. The first-order valence-corrected chi connectivity index (χ1v) is 8.10. The summed E-state index contributed by atoms with van der Waals surface area (Å²) in [5, 5.41) is 9.03. The number of benzene rings is 1. The molecule has 0 amide bonds. The van der Waals surface area contributed by atoms with Crippen LogP contribution in [0.25, 0.3) is 0 Å². The molecule has 1 aromatic carbocycles. The molecule has 0 unspecified atom stereocenters. The van der Waals surface area contributed by atoms with Gasteiger partial charge in [-0.05, 0) is 30.7 Å². The van der Waals surface area contributed by atoms with E-state index in [2.05, 4.69) is 4.72 Å². The molecule has 0 fully saturated rings. The minimum atomic E-state index is -3.85. The van der Waals surface area contributed by atoms with E-state index in [1.807, 2.05) is 0 Å². The van der Waals surface area contributed by atoms with E-state index < -0.39 is 16.0 Å². The summed E-state index contributed by atoms with van der Waals surface area (Å²) in [5.74, 6) is -1.20. The van der Waals surface area contributed by atoms with Crippen LogP contribution in [0.1, 0.15) is 15.9 Å². The normalized spacial score (nSPS) is 11.3. The van der Waals surface area contributed by atoms with Crippen LogP contribution in [0.5, 0.6) is 0 Å². The Labute approximate surface area is 124 Å². The van der Waals surface area contributed by atoms with Gasteiger partial charge in [-0.2, -0.15) is 0 Å². The van der Waals surface area contributed by atoms with Crippen LogP contribution >= 0.6 is 22.9 Å². The number of hydrogen-bond acceptors (Lipinski definition) is 4. The Morgan fingerprint density at radius 2 is 2.00 bits per heavy atom. The number of carboxylic acids is 1. The third-order valence-corrected chi connectivity index (χ3v) is 5.90. The molecular weight excluding hydrogens is 322 g/mol. The van der Waals surface area contributed by atoms with Crippen molar-refractivity contribution in [3.05, 3.63) is 45.8 Å². The Hall–Kier alpha value is -1.57. The van der Waals surface area contributed by atoms with Crippen LogP contribution in [-0.2, 0) is 10.0 Å². The molecule has 0 spiro atoms. The van der Waals surface area contributed by atoms with Crippen LogP contribution in [0.2, 0.25) is 4.34 Å². The number of carbonyl (C=O) groups is 1. The van der Waals surface area contributed by atoms with Crippen molar-refractivity contribution in [2.24, 2.45) is 0 Å². The maximum Gasteiger partial charge on any atom is 0.337 e. The Kier molecular flexibility index (Phi) is 4.03. The smallest absolute Gasteiger partial charge is 0.337 e. The fourth-order valence-corrected chi connectivity index (χ4v) is 4.31. The first-order chi connectivity index (χ1) is 9.31. The maximum atomic E-state index is 12.2. The van der Waals surface area contributed by atoms with E-state index in [4.69, 9.17) is 16.7 Å². The average Bonchev–Trinajstić information content (AvgIpc) is 2.70. The van der Waals surface area contributed by atoms with Crippen molar-refractivity contribution in [3.8, 4) is 0 Å². The zero-order valence-electron chi connectivity index (χ0n) is 10.3. The zero-order valence-corrected chi connectivity index (χ0v) is 12.6. The number of hydrogen-bond donors (Lipinski definition) is 2. The van der Waals surface area contributed by atoms with E-state index in [9.17, 15) is 13.2 Å². The monoisotopic (exact) mass is 331 g/mol. The van der Waals surface area contributed by atoms with Gasteiger partial charge >= 0.3 is 5.97 Å². The van der Waals surface area contributed by atoms with Crippen LogP contribution in [0.15, 0.2) is 34.5 Å². The highest BCUT2D eigenvalue weighted by Gasteiger charge is 2.21. The molecule has 0 aliphatic heterocycles. The SMILES string of the molecule is Cc1cc(S(=O)(=O)Nc2ccccc2C(=O)O)sc1Cl. The van der Waals surface area contributed by atoms with Gasteiger partial charge < -0.3 is 5.11 Å². The molecule has 106 valence electrons. The molecule has 0 atom stereocenters. The van der Waals surface area contributed by atoms with Crippen LogP contribution < -0.4 is 4.72 Å². The highest BCUT2D eigenvalue weighted by molar-refractivity contribution is 7.94. The van der Waals surface area contributed by atoms with Crippen molar-refractivity contribution in [1.29, 1.82) is 0 Å². The number of sulfonamides is 1. The molecule has 0 bridgehead atoms. The Balaban J connectivity index is 2.41. The standard InChI is InChI=1S/C12H10ClNO4S2/c1-7-6-10(19-11(7)13)20(17,18)14-9-5-3-2-4-8(9)12(15)16/h2-6,14H,1H3,(H,15,16). The van der Waals surface area contributed by atoms with Crippen LogP contribution in [0.4, 0.5) is 5.69 Å². The van der Waals surface area contributed by atoms with Gasteiger partial charge in [0, 0.05) is 0 Å². The van der Waals surface area contributed by atoms with Gasteiger partial charge in [0.2, 0.25) is 0 Å². The largest absolute Gasteiger partial charge is 0.478 e. The lowest BCUT2D eigenvalue weighted by atomic mass is 10.2. The van der Waals surface area contributed by atoms with Crippen molar-refractivity contribution in [3.63, 3.8) is 0 Å². The number of rotatable bonds is 4. The third-order valence-electron chi connectivity index (χ3n) is 2.50. The average molecular weight is 332 g/mol. The second-order valence-electron chi connectivity index (χ2n) is 3.98. The van der Waals surface area contributed by atoms with Gasteiger partial charge in [0.05, 0.1) is 15.6 Å². The van der Waals surface area contributed by atoms with E-state index in [1.165, 1.54) is 24.3 Å². The summed E-state index contributed by atoms with van der Waals surface area (Å²) in [6.07, 6.45) is 0. The van der Waals surface area contributed by atoms with Crippen molar-refractivity contribution < 1.29 is 18.3 Å². The lowest BCUT2D eigenvalue weighted by molar-refractivity contribution is 0.0698. The van der Waals surface area contributed by atoms with E-state index in [1.54, 1.807) is 13.0 Å². The minimum Gasteiger partial charge on any atom is -0.478 e. The molecule has 2 N–H and O–H groups in total. The number of para-hydroxylation sites is 1. The topological polar surface area (TPSA) is 83.5 Å². The number of anilines is 1. The third kappa shape index (κ3) is 2.95. The number of nitrogens with one attached hydrogen (secondary N) is 1. The lowest BCUT2D eigenvalue weighted by Gasteiger charge is -2.08. The zero-order chi connectivity index (χ0) is 14.9. The van der Waals surface area contributed by atoms with Gasteiger partial charge in [-0.3, -0.25) is 4.72 Å². The van der Waals surface area contributed by atoms with Crippen molar-refractivity contribution in [2.75, 3.05) is 4.72 Å². The van der Waals surface area contributed by atoms with Gasteiger partial charge in [0.1, 0.15) is 4.21 Å². The van der Waals surface area contributed by atoms with Crippen molar-refractivity contribution in [2.45, 2.75) is 11.1 Å². The molecule has 2 rings (SSSR count). The number of halogens is 1. The summed E-state index contributed by atoms with van der Waals surface area (Å²) in [6, 6.07) is 7.24. The molecule has 0 aliphatic rings. The molecule has 1 aromatic heterocycles. The summed E-state index contributed by atoms with van der Waals surface area (Å²) in [4.78, 5) is 11.0. The van der Waals surface area contributed by atoms with Gasteiger partial charge in [-0.25, -0.2) is 13.2 Å². The molecule has 0 aliphatic carbocycles. The number of carboxylic acid groups (broad SMARTS) is 1. The number of thiophene rings is 1. The summed E-state index contributed by atoms with van der Waals surface area (Å²) in [5.41, 5.74) is 0.557. The van der Waals surface area contributed by atoms with Crippen LogP contribution in [-0.4, -0.2) is 19.5 Å². The van der Waals surface area contributed by atoms with Gasteiger partial charge in [0.25, 0.3) is 10.0 Å². The molecule has 0 saturated heterocycles. The van der Waals surface area contributed by atoms with Crippen molar-refractivity contribution in [1.82, 2.24) is 0 Å². The van der Waals surface area contributed by atoms with E-state index in [0.29, 0.717) is 9.90 Å². The Morgan fingerprint density at radius 3 is 2.55 bits per heavy atom. The highest BCUT2D eigenvalue weighted by atomic mass is 35.5. The summed E-state index contributed by atoms with van der Waals surface area (Å²) in [7, 11) is -3.85. The first kappa shape index (κ1) is 14.8. The van der Waals surface area contributed by atoms with E-state index in [0.717, 1.165) is 11.3 Å². The molecule has 2 aromatic rings. The molecule has 0 radical (unpaired) electrons. The summed E-state index contributed by atoms with van der Waals surface area (Å²) in [6.45, 7) is 1.70. The predicted molar refractivity (Wildman–Crippen MR) is 78.3 cm³/mol. The fraction of sp³-hybridized carbons (Fsp3) is 0.0833. The molecule has 20 heavy (non-hydrogen) atoms. The number of aryl methyl sites for hydroxylation is 1. The minimum absolute atomic E-state index is 0.0159. The fourth-order valence-electron chi connectivity index (χ4n) is 1.52. The van der Waals surface area contributed by atoms with Gasteiger partial charge in [-0.15, -0.1) is 11.3 Å². The van der Waals surface area contributed by atoms with Gasteiger partial charge in [0.15, 0.2) is 0 Å². The van der Waals surface area contributed by atoms with Crippen LogP contribution in [0, 0.1) is 6.92 Å². The quantitative estimate of drug-likeness (QED) is 0.901. The molecule has 1 heterocycles. The second kappa shape index (κ2) is 5.43. The lowest BCUT2D eigenvalue weighted by Crippen LogP contribution is -2.14. The molecule has 5 nitrogen and oxygen atoms in total. The highest BCUT2D eigenvalue weighted by Crippen LogP contribution is 2.31. The molecule has 0 saturated carbocycles. The van der Waals surface area contributed by atoms with E-state index >= 15 is 0 Å². The summed E-state index contributed by atoms with van der Waals surface area (Å²) >= 11 is 6.77. The van der Waals surface area contributed by atoms with Crippen molar-refractivity contribution >= 4 is 44.6 Å². The second-order valence-corrected chi connectivity index (χ2v) is 7.54. The predicted octanol–water partition coefficient (Wildman–Crippen LogP) is 3.21. The summed E-state index contributed by atoms with van der Waals surface area (Å²) < 4.78 is 27.1. The first-order valence-electron chi connectivity index (χ1n) is 5.42. The Morgan fingerprint density at radius 1 is 1.35 bits per heavy atom. The van der Waals surface area contributed by atoms with E-state index in [-0.39, 0.29) is 15.5 Å². The van der Waals surface area contributed by atoms with Gasteiger partial charge in [-0.1, -0.05) is 23.7 Å². The molecular formula is C12H10ClNO4S2. The Bertz CT molecular complexity index is 748.